The Morgan fingerprint density at radius 2 is 1.77 bits per heavy atom. The average molecular weight is 295 g/mol. The molecule has 6 heteroatoms. The van der Waals surface area contributed by atoms with Gasteiger partial charge in [-0.1, -0.05) is 35.5 Å². The standard InChI is InChI=1S/C16H13N3O3/c1-22-13-9-7-12(8-10-13)19-15(16(20)21)14(17-18-19)11-5-3-2-4-6-11/h2-10H,1H3,(H,20,21). The van der Waals surface area contributed by atoms with E-state index in [2.05, 4.69) is 10.3 Å². The zero-order chi connectivity index (χ0) is 15.5. The van der Waals surface area contributed by atoms with E-state index in [1.807, 2.05) is 18.2 Å². The fourth-order valence-corrected chi connectivity index (χ4v) is 2.17. The van der Waals surface area contributed by atoms with Crippen molar-refractivity contribution in [2.24, 2.45) is 0 Å². The summed E-state index contributed by atoms with van der Waals surface area (Å²) < 4.78 is 6.41. The number of methoxy groups -OCH3 is 1. The molecule has 0 bridgehead atoms. The maximum atomic E-state index is 11.6. The molecule has 110 valence electrons. The maximum absolute atomic E-state index is 11.6. The molecule has 0 saturated heterocycles. The molecule has 0 unspecified atom stereocenters. The van der Waals surface area contributed by atoms with Crippen LogP contribution in [0.1, 0.15) is 10.5 Å². The topological polar surface area (TPSA) is 77.2 Å². The van der Waals surface area contributed by atoms with E-state index >= 15 is 0 Å². The predicted molar refractivity (Wildman–Crippen MR) is 80.3 cm³/mol. The van der Waals surface area contributed by atoms with Crippen LogP contribution in [-0.2, 0) is 0 Å². The first-order chi connectivity index (χ1) is 10.7. The number of benzene rings is 2. The van der Waals surface area contributed by atoms with Crippen molar-refractivity contribution in [3.8, 4) is 22.7 Å². The SMILES string of the molecule is COc1ccc(-n2nnc(-c3ccccc3)c2C(=O)O)cc1. The molecule has 0 aliphatic rings. The molecule has 0 aliphatic carbocycles. The molecule has 0 fully saturated rings. The molecule has 3 rings (SSSR count). The highest BCUT2D eigenvalue weighted by molar-refractivity contribution is 5.93. The Morgan fingerprint density at radius 1 is 1.09 bits per heavy atom. The van der Waals surface area contributed by atoms with Crippen LogP contribution in [0.5, 0.6) is 5.75 Å². The van der Waals surface area contributed by atoms with Crippen LogP contribution in [-0.4, -0.2) is 33.2 Å². The molecular weight excluding hydrogens is 282 g/mol. The van der Waals surface area contributed by atoms with Crippen molar-refractivity contribution in [3.63, 3.8) is 0 Å². The lowest BCUT2D eigenvalue weighted by Crippen LogP contribution is -2.09. The zero-order valence-corrected chi connectivity index (χ0v) is 11.8. The third kappa shape index (κ3) is 2.42. The van der Waals surface area contributed by atoms with Crippen LogP contribution in [0.3, 0.4) is 0 Å². The lowest BCUT2D eigenvalue weighted by molar-refractivity contribution is 0.0688. The van der Waals surface area contributed by atoms with Crippen LogP contribution < -0.4 is 4.74 Å². The van der Waals surface area contributed by atoms with Crippen LogP contribution >= 0.6 is 0 Å². The highest BCUT2D eigenvalue weighted by Gasteiger charge is 2.21. The van der Waals surface area contributed by atoms with Gasteiger partial charge in [0, 0.05) is 5.56 Å². The summed E-state index contributed by atoms with van der Waals surface area (Å²) >= 11 is 0. The van der Waals surface area contributed by atoms with E-state index in [0.29, 0.717) is 22.7 Å². The smallest absolute Gasteiger partial charge is 0.357 e. The van der Waals surface area contributed by atoms with Gasteiger partial charge < -0.3 is 9.84 Å². The van der Waals surface area contributed by atoms with E-state index in [9.17, 15) is 9.90 Å². The Hall–Kier alpha value is -3.15. The van der Waals surface area contributed by atoms with Gasteiger partial charge in [-0.05, 0) is 24.3 Å². The van der Waals surface area contributed by atoms with Gasteiger partial charge in [0.2, 0.25) is 0 Å². The van der Waals surface area contributed by atoms with Gasteiger partial charge in [0.05, 0.1) is 12.8 Å². The second kappa shape index (κ2) is 5.69. The molecule has 6 nitrogen and oxygen atoms in total. The first-order valence-electron chi connectivity index (χ1n) is 6.59. The molecular formula is C16H13N3O3. The molecule has 0 saturated carbocycles. The molecule has 0 radical (unpaired) electrons. The Labute approximate surface area is 126 Å². The van der Waals surface area contributed by atoms with Gasteiger partial charge in [-0.3, -0.25) is 0 Å². The Kier molecular flexibility index (Phi) is 3.57. The third-order valence-electron chi connectivity index (χ3n) is 3.24. The summed E-state index contributed by atoms with van der Waals surface area (Å²) in [6, 6.07) is 16.1. The highest BCUT2D eigenvalue weighted by atomic mass is 16.5. The van der Waals surface area contributed by atoms with Gasteiger partial charge in [0.25, 0.3) is 0 Å². The van der Waals surface area contributed by atoms with Crippen LogP contribution in [0.2, 0.25) is 0 Å². The average Bonchev–Trinajstić information content (AvgIpc) is 3.01. The number of hydrogen-bond donors (Lipinski definition) is 1. The van der Waals surface area contributed by atoms with E-state index in [1.165, 1.54) is 4.68 Å². The van der Waals surface area contributed by atoms with Crippen LogP contribution in [0.15, 0.2) is 54.6 Å². The fourth-order valence-electron chi connectivity index (χ4n) is 2.17. The second-order valence-electron chi connectivity index (χ2n) is 4.57. The maximum Gasteiger partial charge on any atom is 0.357 e. The van der Waals surface area contributed by atoms with Crippen molar-refractivity contribution in [1.82, 2.24) is 15.0 Å². The third-order valence-corrected chi connectivity index (χ3v) is 3.24. The van der Waals surface area contributed by atoms with E-state index in [1.54, 1.807) is 43.5 Å². The van der Waals surface area contributed by atoms with Crippen molar-refractivity contribution in [2.45, 2.75) is 0 Å². The molecule has 0 amide bonds. The first-order valence-corrected chi connectivity index (χ1v) is 6.59. The van der Waals surface area contributed by atoms with E-state index in [4.69, 9.17) is 4.74 Å². The second-order valence-corrected chi connectivity index (χ2v) is 4.57. The Morgan fingerprint density at radius 3 is 2.36 bits per heavy atom. The molecule has 1 heterocycles. The number of hydrogen-bond acceptors (Lipinski definition) is 4. The molecule has 22 heavy (non-hydrogen) atoms. The molecule has 3 aromatic rings. The monoisotopic (exact) mass is 295 g/mol. The van der Waals surface area contributed by atoms with Gasteiger partial charge in [-0.2, -0.15) is 0 Å². The summed E-state index contributed by atoms with van der Waals surface area (Å²) in [5.41, 5.74) is 1.67. The normalized spacial score (nSPS) is 10.4. The van der Waals surface area contributed by atoms with Gasteiger partial charge in [-0.15, -0.1) is 5.10 Å². The van der Waals surface area contributed by atoms with Gasteiger partial charge >= 0.3 is 5.97 Å². The number of nitrogens with zero attached hydrogens (tertiary/aromatic N) is 3. The fraction of sp³-hybridized carbons (Fsp3) is 0.0625. The quantitative estimate of drug-likeness (QED) is 0.800. The van der Waals surface area contributed by atoms with Crippen molar-refractivity contribution >= 4 is 5.97 Å². The number of ether oxygens (including phenoxy) is 1. The van der Waals surface area contributed by atoms with E-state index in [0.717, 1.165) is 0 Å². The minimum Gasteiger partial charge on any atom is -0.497 e. The summed E-state index contributed by atoms with van der Waals surface area (Å²) in [7, 11) is 1.57. The summed E-state index contributed by atoms with van der Waals surface area (Å²) in [4.78, 5) is 11.6. The predicted octanol–water partition coefficient (Wildman–Crippen LogP) is 2.64. The Bertz CT molecular complexity index is 795. The van der Waals surface area contributed by atoms with Crippen molar-refractivity contribution < 1.29 is 14.6 Å². The number of aromatic carboxylic acids is 1. The van der Waals surface area contributed by atoms with Crippen molar-refractivity contribution in [1.29, 1.82) is 0 Å². The molecule has 0 atom stereocenters. The molecule has 2 aromatic carbocycles. The minimum absolute atomic E-state index is 0.0244. The number of carboxylic acids is 1. The molecule has 1 N–H and O–H groups in total. The van der Waals surface area contributed by atoms with Crippen molar-refractivity contribution in [3.05, 3.63) is 60.3 Å². The lowest BCUT2D eigenvalue weighted by Gasteiger charge is -2.05. The molecule has 1 aromatic heterocycles. The lowest BCUT2D eigenvalue weighted by atomic mass is 10.1. The summed E-state index contributed by atoms with van der Waals surface area (Å²) in [6.45, 7) is 0. The van der Waals surface area contributed by atoms with E-state index in [-0.39, 0.29) is 5.69 Å². The summed E-state index contributed by atoms with van der Waals surface area (Å²) in [5.74, 6) is -0.399. The molecule has 0 aliphatic heterocycles. The van der Waals surface area contributed by atoms with Gasteiger partial charge in [0.1, 0.15) is 11.4 Å². The number of aromatic nitrogens is 3. The largest absolute Gasteiger partial charge is 0.497 e. The van der Waals surface area contributed by atoms with Gasteiger partial charge in [-0.25, -0.2) is 9.48 Å². The van der Waals surface area contributed by atoms with Crippen molar-refractivity contribution in [2.75, 3.05) is 7.11 Å². The van der Waals surface area contributed by atoms with Crippen LogP contribution in [0.25, 0.3) is 16.9 Å². The minimum atomic E-state index is -1.08. The van der Waals surface area contributed by atoms with Gasteiger partial charge in [0.15, 0.2) is 5.69 Å². The zero-order valence-electron chi connectivity index (χ0n) is 11.8. The summed E-state index contributed by atoms with van der Waals surface area (Å²) in [5, 5.41) is 17.5. The van der Waals surface area contributed by atoms with Crippen LogP contribution in [0, 0.1) is 0 Å². The number of rotatable bonds is 4. The molecule has 0 spiro atoms. The highest BCUT2D eigenvalue weighted by Crippen LogP contribution is 2.24. The summed E-state index contributed by atoms with van der Waals surface area (Å²) in [6.07, 6.45) is 0. The Balaban J connectivity index is 2.12. The number of carbonyl (C=O) groups is 1. The first kappa shape index (κ1) is 13.8. The van der Waals surface area contributed by atoms with Crippen LogP contribution in [0.4, 0.5) is 0 Å². The number of carboxylic acid groups (broad SMARTS) is 1. The van der Waals surface area contributed by atoms with E-state index < -0.39 is 5.97 Å².